The monoisotopic (exact) mass is 233 g/mol. The Labute approximate surface area is 99.9 Å². The molecule has 0 amide bonds. The highest BCUT2D eigenvalue weighted by molar-refractivity contribution is 5.58. The van der Waals surface area contributed by atoms with Crippen LogP contribution < -0.4 is 5.73 Å². The molecule has 1 aromatic carbocycles. The van der Waals surface area contributed by atoms with Gasteiger partial charge in [-0.2, -0.15) is 0 Å². The third-order valence-corrected chi connectivity index (χ3v) is 2.82. The van der Waals surface area contributed by atoms with Crippen LogP contribution in [-0.2, 0) is 0 Å². The van der Waals surface area contributed by atoms with Crippen molar-refractivity contribution in [3.8, 4) is 11.3 Å². The molecule has 4 heteroatoms. The number of aromatic amines is 1. The Morgan fingerprint density at radius 3 is 2.71 bits per heavy atom. The molecular weight excluding hydrogens is 217 g/mol. The molecule has 0 bridgehead atoms. The highest BCUT2D eigenvalue weighted by atomic mass is 19.1. The zero-order chi connectivity index (χ0) is 12.3. The maximum absolute atomic E-state index is 12.8. The Kier molecular flexibility index (Phi) is 3.54. The van der Waals surface area contributed by atoms with E-state index in [1.165, 1.54) is 12.1 Å². The zero-order valence-electron chi connectivity index (χ0n) is 9.78. The van der Waals surface area contributed by atoms with Crippen LogP contribution in [0.5, 0.6) is 0 Å². The summed E-state index contributed by atoms with van der Waals surface area (Å²) in [5.74, 6) is 1.01. The molecule has 0 aliphatic rings. The van der Waals surface area contributed by atoms with Crippen LogP contribution in [0.15, 0.2) is 30.5 Å². The topological polar surface area (TPSA) is 54.7 Å². The van der Waals surface area contributed by atoms with Gasteiger partial charge in [0.05, 0.1) is 11.9 Å². The van der Waals surface area contributed by atoms with Crippen molar-refractivity contribution in [3.05, 3.63) is 42.1 Å². The van der Waals surface area contributed by atoms with Gasteiger partial charge in [0.15, 0.2) is 0 Å². The molecule has 0 spiro atoms. The van der Waals surface area contributed by atoms with E-state index < -0.39 is 0 Å². The highest BCUT2D eigenvalue weighted by Crippen LogP contribution is 2.21. The van der Waals surface area contributed by atoms with E-state index in [9.17, 15) is 4.39 Å². The van der Waals surface area contributed by atoms with Crippen molar-refractivity contribution in [2.24, 2.45) is 5.73 Å². The van der Waals surface area contributed by atoms with Crippen LogP contribution in [0, 0.1) is 5.82 Å². The van der Waals surface area contributed by atoms with Crippen molar-refractivity contribution in [1.29, 1.82) is 0 Å². The number of hydrogen-bond acceptors (Lipinski definition) is 2. The average molecular weight is 233 g/mol. The highest BCUT2D eigenvalue weighted by Gasteiger charge is 2.09. The predicted octanol–water partition coefficient (Wildman–Crippen LogP) is 2.67. The van der Waals surface area contributed by atoms with E-state index in [1.54, 1.807) is 18.3 Å². The van der Waals surface area contributed by atoms with E-state index in [-0.39, 0.29) is 5.82 Å². The molecule has 0 radical (unpaired) electrons. The van der Waals surface area contributed by atoms with Gasteiger partial charge in [-0.05, 0) is 42.8 Å². The van der Waals surface area contributed by atoms with Crippen molar-refractivity contribution >= 4 is 0 Å². The minimum atomic E-state index is -0.231. The van der Waals surface area contributed by atoms with Crippen molar-refractivity contribution < 1.29 is 4.39 Å². The SMILES string of the molecule is CC(CCN)c1ncc(-c2ccc(F)cc2)[nH]1. The summed E-state index contributed by atoms with van der Waals surface area (Å²) in [6.45, 7) is 2.73. The number of imidazole rings is 1. The maximum Gasteiger partial charge on any atom is 0.123 e. The molecular formula is C13H16FN3. The number of halogens is 1. The molecule has 90 valence electrons. The molecule has 0 aliphatic heterocycles. The van der Waals surface area contributed by atoms with Gasteiger partial charge in [0, 0.05) is 5.92 Å². The lowest BCUT2D eigenvalue weighted by molar-refractivity contribution is 0.628. The van der Waals surface area contributed by atoms with E-state index in [4.69, 9.17) is 5.73 Å². The predicted molar refractivity (Wildman–Crippen MR) is 66.1 cm³/mol. The Balaban J connectivity index is 2.20. The molecule has 1 heterocycles. The van der Waals surface area contributed by atoms with Gasteiger partial charge in [-0.25, -0.2) is 9.37 Å². The molecule has 0 saturated heterocycles. The van der Waals surface area contributed by atoms with Crippen molar-refractivity contribution in [2.75, 3.05) is 6.54 Å². The molecule has 3 N–H and O–H groups in total. The van der Waals surface area contributed by atoms with Gasteiger partial charge < -0.3 is 10.7 Å². The van der Waals surface area contributed by atoms with Gasteiger partial charge in [-0.15, -0.1) is 0 Å². The standard InChI is InChI=1S/C13H16FN3/c1-9(6-7-15)13-16-8-12(17-13)10-2-4-11(14)5-3-10/h2-5,8-9H,6-7,15H2,1H3,(H,16,17). The molecule has 1 unspecified atom stereocenters. The number of nitrogens with two attached hydrogens (primary N) is 1. The van der Waals surface area contributed by atoms with E-state index in [2.05, 4.69) is 16.9 Å². The number of aromatic nitrogens is 2. The largest absolute Gasteiger partial charge is 0.342 e. The third-order valence-electron chi connectivity index (χ3n) is 2.82. The van der Waals surface area contributed by atoms with Gasteiger partial charge in [0.1, 0.15) is 11.6 Å². The van der Waals surface area contributed by atoms with Crippen LogP contribution in [0.4, 0.5) is 4.39 Å². The number of benzene rings is 1. The fraction of sp³-hybridized carbons (Fsp3) is 0.308. The molecule has 1 aromatic heterocycles. The van der Waals surface area contributed by atoms with Gasteiger partial charge in [-0.1, -0.05) is 6.92 Å². The first-order valence-corrected chi connectivity index (χ1v) is 5.71. The first-order chi connectivity index (χ1) is 8.20. The number of rotatable bonds is 4. The second-order valence-corrected chi connectivity index (χ2v) is 4.17. The summed E-state index contributed by atoms with van der Waals surface area (Å²) in [6.07, 6.45) is 2.67. The molecule has 2 rings (SSSR count). The minimum absolute atomic E-state index is 0.231. The number of H-pyrrole nitrogens is 1. The van der Waals surface area contributed by atoms with Crippen LogP contribution in [0.3, 0.4) is 0 Å². The average Bonchev–Trinajstić information content (AvgIpc) is 2.80. The van der Waals surface area contributed by atoms with E-state index >= 15 is 0 Å². The summed E-state index contributed by atoms with van der Waals surface area (Å²) in [6, 6.07) is 6.36. The zero-order valence-corrected chi connectivity index (χ0v) is 9.78. The Bertz CT molecular complexity index is 476. The Morgan fingerprint density at radius 2 is 2.06 bits per heavy atom. The number of nitrogens with zero attached hydrogens (tertiary/aromatic N) is 1. The van der Waals surface area contributed by atoms with Gasteiger partial charge in [-0.3, -0.25) is 0 Å². The van der Waals surface area contributed by atoms with Crippen LogP contribution in [0.25, 0.3) is 11.3 Å². The lowest BCUT2D eigenvalue weighted by Gasteiger charge is -2.05. The van der Waals surface area contributed by atoms with E-state index in [1.807, 2.05) is 0 Å². The lowest BCUT2D eigenvalue weighted by Crippen LogP contribution is -2.05. The normalized spacial score (nSPS) is 12.6. The van der Waals surface area contributed by atoms with Crippen LogP contribution in [0.1, 0.15) is 25.1 Å². The van der Waals surface area contributed by atoms with Crippen LogP contribution in [-0.4, -0.2) is 16.5 Å². The molecule has 1 atom stereocenters. The summed E-state index contributed by atoms with van der Waals surface area (Å²) in [5, 5.41) is 0. The molecule has 3 nitrogen and oxygen atoms in total. The third kappa shape index (κ3) is 2.71. The smallest absolute Gasteiger partial charge is 0.123 e. The first kappa shape index (κ1) is 11.8. The van der Waals surface area contributed by atoms with Crippen molar-refractivity contribution in [1.82, 2.24) is 9.97 Å². The molecule has 0 fully saturated rings. The molecule has 17 heavy (non-hydrogen) atoms. The fourth-order valence-corrected chi connectivity index (χ4v) is 1.75. The second-order valence-electron chi connectivity index (χ2n) is 4.17. The molecule has 2 aromatic rings. The van der Waals surface area contributed by atoms with Crippen LogP contribution in [0.2, 0.25) is 0 Å². The second kappa shape index (κ2) is 5.10. The van der Waals surface area contributed by atoms with E-state index in [0.29, 0.717) is 12.5 Å². The molecule has 0 aliphatic carbocycles. The quantitative estimate of drug-likeness (QED) is 0.853. The minimum Gasteiger partial charge on any atom is -0.342 e. The summed E-state index contributed by atoms with van der Waals surface area (Å²) in [4.78, 5) is 7.57. The van der Waals surface area contributed by atoms with Gasteiger partial charge in [0.25, 0.3) is 0 Å². The maximum atomic E-state index is 12.8. The Morgan fingerprint density at radius 1 is 1.35 bits per heavy atom. The molecule has 0 saturated carbocycles. The van der Waals surface area contributed by atoms with Gasteiger partial charge in [0.2, 0.25) is 0 Å². The fourth-order valence-electron chi connectivity index (χ4n) is 1.75. The number of hydrogen-bond donors (Lipinski definition) is 2. The summed E-state index contributed by atoms with van der Waals surface area (Å²) in [5.41, 5.74) is 7.36. The van der Waals surface area contributed by atoms with Crippen molar-refractivity contribution in [3.63, 3.8) is 0 Å². The first-order valence-electron chi connectivity index (χ1n) is 5.71. The van der Waals surface area contributed by atoms with Gasteiger partial charge >= 0.3 is 0 Å². The van der Waals surface area contributed by atoms with Crippen molar-refractivity contribution in [2.45, 2.75) is 19.3 Å². The summed E-state index contributed by atoms with van der Waals surface area (Å²) < 4.78 is 12.8. The van der Waals surface area contributed by atoms with E-state index in [0.717, 1.165) is 23.5 Å². The Hall–Kier alpha value is -1.68. The lowest BCUT2D eigenvalue weighted by atomic mass is 10.1. The summed E-state index contributed by atoms with van der Waals surface area (Å²) >= 11 is 0. The van der Waals surface area contributed by atoms with Crippen LogP contribution >= 0.6 is 0 Å². The number of nitrogens with one attached hydrogen (secondary N) is 1. The summed E-state index contributed by atoms with van der Waals surface area (Å²) in [7, 11) is 0.